The summed E-state index contributed by atoms with van der Waals surface area (Å²) in [6.45, 7) is 5.22. The van der Waals surface area contributed by atoms with Crippen molar-refractivity contribution in [1.82, 2.24) is 29.3 Å². The molecule has 0 radical (unpaired) electrons. The monoisotopic (exact) mass is 358 g/mol. The van der Waals surface area contributed by atoms with Gasteiger partial charge in [-0.1, -0.05) is 0 Å². The van der Waals surface area contributed by atoms with Gasteiger partial charge in [-0.05, 0) is 26.8 Å². The van der Waals surface area contributed by atoms with E-state index in [2.05, 4.69) is 20.6 Å². The number of nitrogens with one attached hydrogen (secondary N) is 1. The summed E-state index contributed by atoms with van der Waals surface area (Å²) in [4.78, 5) is 22.9. The van der Waals surface area contributed by atoms with Gasteiger partial charge in [0.1, 0.15) is 18.1 Å². The maximum absolute atomic E-state index is 12.3. The SMILES string of the molecule is Cc1nn(Cn2ccc(C(=O)Nc3cnn(C)c3C)n2)c(C)c1[N+](=O)[O-]. The maximum atomic E-state index is 12.3. The molecule has 3 aromatic rings. The zero-order valence-electron chi connectivity index (χ0n) is 14.8. The molecule has 0 aliphatic rings. The minimum Gasteiger partial charge on any atom is -0.318 e. The predicted molar refractivity (Wildman–Crippen MR) is 91.9 cm³/mol. The first-order valence-corrected chi connectivity index (χ1v) is 7.79. The number of hydrogen-bond donors (Lipinski definition) is 1. The number of aromatic nitrogens is 6. The Hall–Kier alpha value is -3.50. The molecule has 11 nitrogen and oxygen atoms in total. The molecule has 3 heterocycles. The summed E-state index contributed by atoms with van der Waals surface area (Å²) >= 11 is 0. The van der Waals surface area contributed by atoms with E-state index in [1.54, 1.807) is 44.0 Å². The first-order chi connectivity index (χ1) is 12.3. The Morgan fingerprint density at radius 1 is 1.27 bits per heavy atom. The number of nitro groups is 1. The summed E-state index contributed by atoms with van der Waals surface area (Å²) in [7, 11) is 1.79. The molecule has 0 aromatic carbocycles. The number of carbonyl (C=O) groups is 1. The van der Waals surface area contributed by atoms with Gasteiger partial charge in [0.25, 0.3) is 5.91 Å². The number of anilines is 1. The van der Waals surface area contributed by atoms with Crippen molar-refractivity contribution < 1.29 is 9.72 Å². The van der Waals surface area contributed by atoms with Crippen LogP contribution < -0.4 is 5.32 Å². The highest BCUT2D eigenvalue weighted by molar-refractivity contribution is 6.03. The van der Waals surface area contributed by atoms with Gasteiger partial charge in [0, 0.05) is 13.2 Å². The minimum atomic E-state index is -0.452. The van der Waals surface area contributed by atoms with Gasteiger partial charge in [0.15, 0.2) is 5.69 Å². The van der Waals surface area contributed by atoms with Crippen molar-refractivity contribution in [2.75, 3.05) is 5.32 Å². The third-order valence-corrected chi connectivity index (χ3v) is 4.16. The molecular formula is C15H18N8O3. The molecule has 0 atom stereocenters. The van der Waals surface area contributed by atoms with Gasteiger partial charge >= 0.3 is 5.69 Å². The lowest BCUT2D eigenvalue weighted by atomic mass is 10.3. The zero-order valence-corrected chi connectivity index (χ0v) is 14.8. The second kappa shape index (κ2) is 6.43. The Bertz CT molecular complexity index is 997. The van der Waals surface area contributed by atoms with Crippen molar-refractivity contribution >= 4 is 17.3 Å². The van der Waals surface area contributed by atoms with Crippen molar-refractivity contribution in [2.24, 2.45) is 7.05 Å². The smallest absolute Gasteiger partial charge is 0.312 e. The van der Waals surface area contributed by atoms with E-state index in [0.29, 0.717) is 17.1 Å². The first-order valence-electron chi connectivity index (χ1n) is 7.79. The highest BCUT2D eigenvalue weighted by Crippen LogP contribution is 2.21. The molecule has 0 aliphatic heterocycles. The van der Waals surface area contributed by atoms with Crippen LogP contribution in [-0.4, -0.2) is 40.2 Å². The molecule has 136 valence electrons. The van der Waals surface area contributed by atoms with Crippen molar-refractivity contribution in [3.63, 3.8) is 0 Å². The summed E-state index contributed by atoms with van der Waals surface area (Å²) in [5.41, 5.74) is 2.42. The number of carbonyl (C=O) groups excluding carboxylic acids is 1. The Morgan fingerprint density at radius 3 is 2.58 bits per heavy atom. The molecule has 3 rings (SSSR count). The molecule has 26 heavy (non-hydrogen) atoms. The van der Waals surface area contributed by atoms with E-state index in [0.717, 1.165) is 5.69 Å². The van der Waals surface area contributed by atoms with Crippen LogP contribution in [0.1, 0.15) is 27.6 Å². The van der Waals surface area contributed by atoms with Gasteiger partial charge in [-0.25, -0.2) is 4.68 Å². The van der Waals surface area contributed by atoms with E-state index in [4.69, 9.17) is 0 Å². The lowest BCUT2D eigenvalue weighted by molar-refractivity contribution is -0.386. The maximum Gasteiger partial charge on any atom is 0.312 e. The number of aryl methyl sites for hydroxylation is 2. The lowest BCUT2D eigenvalue weighted by Crippen LogP contribution is -2.16. The second-order valence-electron chi connectivity index (χ2n) is 5.88. The normalized spacial score (nSPS) is 10.9. The molecule has 1 amide bonds. The number of nitrogens with zero attached hydrogens (tertiary/aromatic N) is 7. The molecule has 0 aliphatic carbocycles. The van der Waals surface area contributed by atoms with E-state index in [9.17, 15) is 14.9 Å². The molecular weight excluding hydrogens is 340 g/mol. The average Bonchev–Trinajstić information content (AvgIpc) is 3.23. The lowest BCUT2D eigenvalue weighted by Gasteiger charge is -2.04. The van der Waals surface area contributed by atoms with Gasteiger partial charge in [0.2, 0.25) is 0 Å². The fourth-order valence-electron chi connectivity index (χ4n) is 2.60. The predicted octanol–water partition coefficient (Wildman–Crippen LogP) is 1.40. The average molecular weight is 358 g/mol. The molecule has 3 aromatic heterocycles. The van der Waals surface area contributed by atoms with Crippen molar-refractivity contribution in [2.45, 2.75) is 27.4 Å². The highest BCUT2D eigenvalue weighted by Gasteiger charge is 2.22. The van der Waals surface area contributed by atoms with Gasteiger partial charge in [-0.2, -0.15) is 15.3 Å². The molecule has 0 saturated carbocycles. The molecule has 0 spiro atoms. The van der Waals surface area contributed by atoms with Crippen LogP contribution in [0.5, 0.6) is 0 Å². The van der Waals surface area contributed by atoms with Gasteiger partial charge in [-0.15, -0.1) is 0 Å². The third-order valence-electron chi connectivity index (χ3n) is 4.16. The van der Waals surface area contributed by atoms with E-state index >= 15 is 0 Å². The van der Waals surface area contributed by atoms with Gasteiger partial charge in [-0.3, -0.25) is 24.3 Å². The summed E-state index contributed by atoms with van der Waals surface area (Å²) in [5.74, 6) is -0.362. The number of rotatable bonds is 5. The fourth-order valence-corrected chi connectivity index (χ4v) is 2.60. The van der Waals surface area contributed by atoms with Crippen LogP contribution in [0.3, 0.4) is 0 Å². The van der Waals surface area contributed by atoms with Crippen LogP contribution in [-0.2, 0) is 13.7 Å². The highest BCUT2D eigenvalue weighted by atomic mass is 16.6. The van der Waals surface area contributed by atoms with Gasteiger partial charge < -0.3 is 5.32 Å². The van der Waals surface area contributed by atoms with E-state index in [1.807, 2.05) is 6.92 Å². The Balaban J connectivity index is 1.76. The largest absolute Gasteiger partial charge is 0.318 e. The Morgan fingerprint density at radius 2 is 2.00 bits per heavy atom. The molecule has 0 fully saturated rings. The minimum absolute atomic E-state index is 0.0119. The van der Waals surface area contributed by atoms with Crippen molar-refractivity contribution in [3.8, 4) is 0 Å². The molecule has 1 N–H and O–H groups in total. The second-order valence-corrected chi connectivity index (χ2v) is 5.88. The van der Waals surface area contributed by atoms with E-state index < -0.39 is 4.92 Å². The third kappa shape index (κ3) is 3.06. The van der Waals surface area contributed by atoms with E-state index in [1.165, 1.54) is 9.36 Å². The summed E-state index contributed by atoms with van der Waals surface area (Å²) in [6, 6.07) is 1.57. The van der Waals surface area contributed by atoms with Crippen LogP contribution in [0.4, 0.5) is 11.4 Å². The van der Waals surface area contributed by atoms with Crippen LogP contribution in [0.25, 0.3) is 0 Å². The van der Waals surface area contributed by atoms with Crippen LogP contribution in [0.2, 0.25) is 0 Å². The molecule has 11 heteroatoms. The van der Waals surface area contributed by atoms with Crippen molar-refractivity contribution in [1.29, 1.82) is 0 Å². The fraction of sp³-hybridized carbons (Fsp3) is 0.333. The van der Waals surface area contributed by atoms with Crippen molar-refractivity contribution in [3.05, 3.63) is 51.4 Å². The summed E-state index contributed by atoms with van der Waals surface area (Å²) in [5, 5.41) is 26.3. The number of amides is 1. The summed E-state index contributed by atoms with van der Waals surface area (Å²) in [6.07, 6.45) is 3.19. The van der Waals surface area contributed by atoms with Gasteiger partial charge in [0.05, 0.1) is 22.5 Å². The van der Waals surface area contributed by atoms with E-state index in [-0.39, 0.29) is 24.0 Å². The zero-order chi connectivity index (χ0) is 19.0. The topological polar surface area (TPSA) is 126 Å². The molecule has 0 saturated heterocycles. The standard InChI is InChI=1S/C15H18N8O3/c1-9-14(23(25)26)11(3)22(18-9)8-21-6-5-12(19-21)15(24)17-13-7-16-20(4)10(13)2/h5-7H,8H2,1-4H3,(H,17,24). The first kappa shape index (κ1) is 17.3. The van der Waals surface area contributed by atoms with Crippen LogP contribution in [0.15, 0.2) is 18.5 Å². The number of hydrogen-bond acceptors (Lipinski definition) is 6. The molecule has 0 unspecified atom stereocenters. The quantitative estimate of drug-likeness (QED) is 0.543. The Labute approximate surface area is 148 Å². The summed E-state index contributed by atoms with van der Waals surface area (Å²) < 4.78 is 4.63. The van der Waals surface area contributed by atoms with Crippen LogP contribution in [0, 0.1) is 30.9 Å². The van der Waals surface area contributed by atoms with Crippen LogP contribution >= 0.6 is 0 Å². The Kier molecular flexibility index (Phi) is 4.28. The molecule has 0 bridgehead atoms.